The zero-order valence-corrected chi connectivity index (χ0v) is 21.0. The number of benzene rings is 1. The van der Waals surface area contributed by atoms with Crippen molar-refractivity contribution in [1.82, 2.24) is 29.9 Å². The van der Waals surface area contributed by atoms with Gasteiger partial charge in [-0.15, -0.1) is 0 Å². The Morgan fingerprint density at radius 3 is 2.78 bits per heavy atom. The van der Waals surface area contributed by atoms with Crippen LogP contribution in [0, 0.1) is 13.8 Å². The van der Waals surface area contributed by atoms with Crippen molar-refractivity contribution in [3.63, 3.8) is 0 Å². The Labute approximate surface area is 211 Å². The Morgan fingerprint density at radius 2 is 2.03 bits per heavy atom. The van der Waals surface area contributed by atoms with E-state index in [9.17, 15) is 8.78 Å². The van der Waals surface area contributed by atoms with Crippen LogP contribution in [0.25, 0.3) is 22.3 Å². The summed E-state index contributed by atoms with van der Waals surface area (Å²) in [7, 11) is 1.88. The minimum absolute atomic E-state index is 0.179. The van der Waals surface area contributed by atoms with Crippen molar-refractivity contribution in [1.29, 1.82) is 0 Å². The van der Waals surface area contributed by atoms with Crippen LogP contribution in [0.15, 0.2) is 12.1 Å². The number of aromatic amines is 1. The van der Waals surface area contributed by atoms with Crippen LogP contribution in [0.1, 0.15) is 47.0 Å². The number of nitrogens with one attached hydrogen (secondary N) is 1. The summed E-state index contributed by atoms with van der Waals surface area (Å²) in [6.45, 7) is 4.24. The quantitative estimate of drug-likeness (QED) is 0.386. The van der Waals surface area contributed by atoms with Crippen LogP contribution in [-0.4, -0.2) is 49.5 Å². The first kappa shape index (κ1) is 23.1. The molecule has 0 amide bonds. The van der Waals surface area contributed by atoms with Gasteiger partial charge >= 0.3 is 0 Å². The van der Waals surface area contributed by atoms with Crippen LogP contribution in [0.3, 0.4) is 0 Å². The maximum atomic E-state index is 13.2. The third-order valence-corrected chi connectivity index (χ3v) is 7.31. The molecule has 188 valence electrons. The molecule has 3 aromatic heterocycles. The van der Waals surface area contributed by atoms with Crippen molar-refractivity contribution in [2.24, 2.45) is 7.05 Å². The molecule has 36 heavy (non-hydrogen) atoms. The third kappa shape index (κ3) is 3.87. The highest BCUT2D eigenvalue weighted by molar-refractivity contribution is 6.33. The highest BCUT2D eigenvalue weighted by Gasteiger charge is 2.34. The average molecular weight is 514 g/mol. The molecule has 1 aromatic carbocycles. The summed E-state index contributed by atoms with van der Waals surface area (Å²) < 4.78 is 33.7. The molecule has 0 radical (unpaired) electrons. The normalized spacial score (nSPS) is 15.7. The van der Waals surface area contributed by atoms with E-state index in [4.69, 9.17) is 21.3 Å². The Bertz CT molecular complexity index is 1480. The first-order chi connectivity index (χ1) is 17.3. The minimum atomic E-state index is -2.62. The number of hydrogen-bond acceptors (Lipinski definition) is 6. The lowest BCUT2D eigenvalue weighted by atomic mass is 10.0. The molecule has 1 aliphatic heterocycles. The average Bonchev–Trinajstić information content (AvgIpc) is 3.56. The summed E-state index contributed by atoms with van der Waals surface area (Å²) >= 11 is 6.75. The lowest BCUT2D eigenvalue weighted by Gasteiger charge is -2.31. The van der Waals surface area contributed by atoms with E-state index < -0.39 is 13.0 Å². The van der Waals surface area contributed by atoms with Crippen LogP contribution in [0.5, 0.6) is 5.88 Å². The van der Waals surface area contributed by atoms with Gasteiger partial charge in [-0.2, -0.15) is 15.2 Å². The minimum Gasteiger partial charge on any atom is -0.471 e. The zero-order valence-electron chi connectivity index (χ0n) is 20.3. The summed E-state index contributed by atoms with van der Waals surface area (Å²) in [6.07, 6.45) is 0.176. The predicted octanol–water partition coefficient (Wildman–Crippen LogP) is 5.11. The number of hydrogen-bond donors (Lipinski definition) is 1. The van der Waals surface area contributed by atoms with Gasteiger partial charge in [-0.1, -0.05) is 17.7 Å². The van der Waals surface area contributed by atoms with E-state index in [0.29, 0.717) is 41.8 Å². The van der Waals surface area contributed by atoms with Crippen LogP contribution < -0.4 is 9.64 Å². The van der Waals surface area contributed by atoms with Gasteiger partial charge < -0.3 is 9.64 Å². The Morgan fingerprint density at radius 1 is 1.22 bits per heavy atom. The number of aromatic nitrogens is 6. The first-order valence-corrected chi connectivity index (χ1v) is 12.4. The molecule has 1 N–H and O–H groups in total. The van der Waals surface area contributed by atoms with Crippen molar-refractivity contribution in [3.05, 3.63) is 45.4 Å². The number of halogens is 3. The molecule has 1 aliphatic carbocycles. The number of alkyl halides is 2. The third-order valence-electron chi connectivity index (χ3n) is 6.95. The molecule has 0 bridgehead atoms. The summed E-state index contributed by atoms with van der Waals surface area (Å²) in [4.78, 5) is 11.7. The van der Waals surface area contributed by atoms with E-state index in [0.717, 1.165) is 57.8 Å². The molecular formula is C25H26ClF2N7O. The second-order valence-corrected chi connectivity index (χ2v) is 9.95. The second-order valence-electron chi connectivity index (χ2n) is 9.57. The predicted molar refractivity (Wildman–Crippen MR) is 133 cm³/mol. The number of nitrogens with zero attached hydrogens (tertiary/aromatic N) is 6. The van der Waals surface area contributed by atoms with Crippen LogP contribution in [0.4, 0.5) is 14.6 Å². The molecule has 1 fully saturated rings. The topological polar surface area (TPSA) is 84.8 Å². The van der Waals surface area contributed by atoms with Crippen molar-refractivity contribution < 1.29 is 13.5 Å². The van der Waals surface area contributed by atoms with Gasteiger partial charge in [-0.25, -0.2) is 13.8 Å². The monoisotopic (exact) mass is 513 g/mol. The number of fused-ring (bicyclic) bond motifs is 2. The van der Waals surface area contributed by atoms with Gasteiger partial charge in [0.15, 0.2) is 12.4 Å². The Balaban J connectivity index is 1.44. The van der Waals surface area contributed by atoms with E-state index in [-0.39, 0.29) is 5.88 Å². The van der Waals surface area contributed by atoms with Gasteiger partial charge in [0.05, 0.1) is 29.0 Å². The highest BCUT2D eigenvalue weighted by Crippen LogP contribution is 2.46. The Hall–Kier alpha value is -3.27. The van der Waals surface area contributed by atoms with Crippen LogP contribution >= 0.6 is 11.6 Å². The molecule has 4 aromatic rings. The van der Waals surface area contributed by atoms with Gasteiger partial charge in [0.2, 0.25) is 5.88 Å². The Kier molecular flexibility index (Phi) is 5.59. The van der Waals surface area contributed by atoms with E-state index in [1.165, 1.54) is 0 Å². The molecule has 0 saturated heterocycles. The second kappa shape index (κ2) is 8.69. The fourth-order valence-electron chi connectivity index (χ4n) is 5.07. The molecule has 2 aliphatic rings. The maximum Gasteiger partial charge on any atom is 0.272 e. The lowest BCUT2D eigenvalue weighted by molar-refractivity contribution is 0.0789. The van der Waals surface area contributed by atoms with Gasteiger partial charge in [0.1, 0.15) is 10.8 Å². The summed E-state index contributed by atoms with van der Waals surface area (Å²) in [5.74, 6) is 1.87. The van der Waals surface area contributed by atoms with E-state index >= 15 is 0 Å². The zero-order chi connectivity index (χ0) is 25.1. The van der Waals surface area contributed by atoms with E-state index in [2.05, 4.69) is 25.2 Å². The standard InChI is InChI=1S/C25H26ClF2N7O/c1-12-4-7-17-20(13(2)31-32-17)19(12)23-29-16-8-9-35(10-15(16)24(30-23)36-11-18(27)28)25-21(26)22(14-5-6-14)33-34(25)3/h4,7,14,18H,5-6,8-11H2,1-3H3,(H,31,32). The van der Waals surface area contributed by atoms with E-state index in [1.54, 1.807) is 0 Å². The van der Waals surface area contributed by atoms with Crippen molar-refractivity contribution in [2.45, 2.75) is 52.0 Å². The molecule has 0 spiro atoms. The summed E-state index contributed by atoms with van der Waals surface area (Å²) in [5, 5.41) is 13.6. The van der Waals surface area contributed by atoms with Gasteiger partial charge in [-0.05, 0) is 38.3 Å². The first-order valence-electron chi connectivity index (χ1n) is 12.0. The summed E-state index contributed by atoms with van der Waals surface area (Å²) in [6, 6.07) is 3.90. The number of H-pyrrole nitrogens is 1. The van der Waals surface area contributed by atoms with Crippen molar-refractivity contribution >= 4 is 28.3 Å². The molecule has 0 unspecified atom stereocenters. The van der Waals surface area contributed by atoms with Gasteiger partial charge in [-0.3, -0.25) is 9.78 Å². The van der Waals surface area contributed by atoms with Crippen molar-refractivity contribution in [2.75, 3.05) is 18.1 Å². The molecule has 6 rings (SSSR count). The van der Waals surface area contributed by atoms with E-state index in [1.807, 2.05) is 37.7 Å². The molecule has 4 heterocycles. The fourth-order valence-corrected chi connectivity index (χ4v) is 5.50. The maximum absolute atomic E-state index is 13.2. The van der Waals surface area contributed by atoms with Gasteiger partial charge in [0.25, 0.3) is 6.43 Å². The molecular weight excluding hydrogens is 488 g/mol. The number of aryl methyl sites for hydroxylation is 3. The van der Waals surface area contributed by atoms with Crippen LogP contribution in [-0.2, 0) is 20.0 Å². The molecule has 1 saturated carbocycles. The molecule has 8 nitrogen and oxygen atoms in total. The number of anilines is 1. The smallest absolute Gasteiger partial charge is 0.272 e. The SMILES string of the molecule is Cc1ccc2n[nH]c(C)c2c1-c1nc2c(c(OCC(F)F)n1)CN(c1c(Cl)c(C3CC3)nn1C)CC2. The fraction of sp³-hybridized carbons (Fsp3) is 0.440. The number of ether oxygens (including phenoxy) is 1. The van der Waals surface area contributed by atoms with Crippen molar-refractivity contribution in [3.8, 4) is 17.3 Å². The van der Waals surface area contributed by atoms with Gasteiger partial charge in [0, 0.05) is 42.6 Å². The highest BCUT2D eigenvalue weighted by atomic mass is 35.5. The lowest BCUT2D eigenvalue weighted by Crippen LogP contribution is -2.33. The summed E-state index contributed by atoms with van der Waals surface area (Å²) in [5.41, 5.74) is 5.91. The largest absolute Gasteiger partial charge is 0.471 e. The molecule has 0 atom stereocenters. The number of rotatable bonds is 6. The van der Waals surface area contributed by atoms with Crippen LogP contribution in [0.2, 0.25) is 5.02 Å². The molecule has 11 heteroatoms.